The van der Waals surface area contributed by atoms with Crippen LogP contribution in [0.25, 0.3) is 10.9 Å². The standard InChI is InChI=1S/C20H17NO4/c22-11-4-12-24-16-7-8-19-18(13-16)17(9-10-21-19)20(23)25-14-15-5-2-1-3-6-15/h1-3,5-11,13H,4,12,14H2. The van der Waals surface area contributed by atoms with Gasteiger partial charge in [-0.3, -0.25) is 4.98 Å². The summed E-state index contributed by atoms with van der Waals surface area (Å²) in [5.41, 5.74) is 2.03. The Hall–Kier alpha value is -3.21. The monoisotopic (exact) mass is 335 g/mol. The van der Waals surface area contributed by atoms with Crippen LogP contribution in [0.15, 0.2) is 60.8 Å². The van der Waals surface area contributed by atoms with Crippen LogP contribution in [0.3, 0.4) is 0 Å². The number of carbonyl (C=O) groups is 2. The van der Waals surface area contributed by atoms with Crippen molar-refractivity contribution in [1.29, 1.82) is 0 Å². The van der Waals surface area contributed by atoms with Crippen LogP contribution in [0, 0.1) is 0 Å². The van der Waals surface area contributed by atoms with E-state index < -0.39 is 5.97 Å². The third-order valence-corrected chi connectivity index (χ3v) is 3.65. The number of carbonyl (C=O) groups excluding carboxylic acids is 2. The van der Waals surface area contributed by atoms with Crippen molar-refractivity contribution >= 4 is 23.2 Å². The van der Waals surface area contributed by atoms with Crippen LogP contribution in [0.5, 0.6) is 5.75 Å². The van der Waals surface area contributed by atoms with E-state index in [9.17, 15) is 9.59 Å². The second-order valence-corrected chi connectivity index (χ2v) is 5.40. The largest absolute Gasteiger partial charge is 0.493 e. The molecule has 5 nitrogen and oxygen atoms in total. The van der Waals surface area contributed by atoms with Gasteiger partial charge in [0.1, 0.15) is 18.6 Å². The Morgan fingerprint density at radius 2 is 1.92 bits per heavy atom. The molecule has 0 aliphatic carbocycles. The average molecular weight is 335 g/mol. The highest BCUT2D eigenvalue weighted by atomic mass is 16.5. The normalized spacial score (nSPS) is 10.4. The number of ether oxygens (including phenoxy) is 2. The number of nitrogens with zero attached hydrogens (tertiary/aromatic N) is 1. The molecule has 0 aliphatic rings. The lowest BCUT2D eigenvalue weighted by atomic mass is 10.1. The van der Waals surface area contributed by atoms with Crippen molar-refractivity contribution < 1.29 is 19.1 Å². The van der Waals surface area contributed by atoms with Gasteiger partial charge >= 0.3 is 5.97 Å². The second-order valence-electron chi connectivity index (χ2n) is 5.40. The van der Waals surface area contributed by atoms with E-state index in [2.05, 4.69) is 4.98 Å². The number of fused-ring (bicyclic) bond motifs is 1. The molecule has 1 heterocycles. The lowest BCUT2D eigenvalue weighted by Gasteiger charge is -2.09. The lowest BCUT2D eigenvalue weighted by Crippen LogP contribution is -2.06. The lowest BCUT2D eigenvalue weighted by molar-refractivity contribution is -0.108. The molecule has 0 amide bonds. The number of benzene rings is 2. The van der Waals surface area contributed by atoms with Crippen molar-refractivity contribution in [3.8, 4) is 5.75 Å². The molecule has 0 bridgehead atoms. The fraction of sp³-hybridized carbons (Fsp3) is 0.150. The van der Waals surface area contributed by atoms with Gasteiger partial charge in [-0.1, -0.05) is 30.3 Å². The first-order valence-corrected chi connectivity index (χ1v) is 7.94. The Morgan fingerprint density at radius 3 is 2.72 bits per heavy atom. The van der Waals surface area contributed by atoms with Gasteiger partial charge in [-0.25, -0.2) is 4.79 Å². The van der Waals surface area contributed by atoms with Crippen LogP contribution in [0.4, 0.5) is 0 Å². The van der Waals surface area contributed by atoms with Gasteiger partial charge in [0.15, 0.2) is 0 Å². The maximum Gasteiger partial charge on any atom is 0.339 e. The molecule has 0 atom stereocenters. The molecular formula is C20H17NO4. The molecule has 0 saturated carbocycles. The molecule has 0 saturated heterocycles. The molecule has 126 valence electrons. The summed E-state index contributed by atoms with van der Waals surface area (Å²) < 4.78 is 10.9. The summed E-state index contributed by atoms with van der Waals surface area (Å²) in [6.45, 7) is 0.502. The quantitative estimate of drug-likeness (QED) is 0.375. The molecule has 25 heavy (non-hydrogen) atoms. The molecule has 2 aromatic carbocycles. The van der Waals surface area contributed by atoms with Gasteiger partial charge < -0.3 is 14.3 Å². The maximum atomic E-state index is 12.5. The topological polar surface area (TPSA) is 65.5 Å². The Labute approximate surface area is 145 Å². The van der Waals surface area contributed by atoms with Crippen LogP contribution in [-0.2, 0) is 16.1 Å². The van der Waals surface area contributed by atoms with Gasteiger partial charge in [0.25, 0.3) is 0 Å². The van der Waals surface area contributed by atoms with Gasteiger partial charge in [-0.2, -0.15) is 0 Å². The van der Waals surface area contributed by atoms with Crippen molar-refractivity contribution in [2.45, 2.75) is 13.0 Å². The summed E-state index contributed by atoms with van der Waals surface area (Å²) >= 11 is 0. The van der Waals surface area contributed by atoms with Crippen LogP contribution >= 0.6 is 0 Å². The minimum atomic E-state index is -0.415. The number of pyridine rings is 1. The summed E-state index contributed by atoms with van der Waals surface area (Å²) in [5, 5.41) is 0.657. The predicted octanol–water partition coefficient (Wildman–Crippen LogP) is 3.56. The van der Waals surface area contributed by atoms with Crippen LogP contribution in [0.2, 0.25) is 0 Å². The van der Waals surface area contributed by atoms with Crippen molar-refractivity contribution in [3.63, 3.8) is 0 Å². The number of hydrogen-bond acceptors (Lipinski definition) is 5. The van der Waals surface area contributed by atoms with Crippen molar-refractivity contribution in [2.75, 3.05) is 6.61 Å². The fourth-order valence-electron chi connectivity index (χ4n) is 2.42. The molecule has 0 spiro atoms. The first-order chi connectivity index (χ1) is 12.3. The SMILES string of the molecule is O=CCCOc1ccc2nccc(C(=O)OCc3ccccc3)c2c1. The third-order valence-electron chi connectivity index (χ3n) is 3.65. The van der Waals surface area contributed by atoms with Gasteiger partial charge in [0.2, 0.25) is 0 Å². The highest BCUT2D eigenvalue weighted by Gasteiger charge is 2.13. The highest BCUT2D eigenvalue weighted by Crippen LogP contribution is 2.23. The summed E-state index contributed by atoms with van der Waals surface area (Å²) in [5.74, 6) is 0.167. The van der Waals surface area contributed by atoms with Crippen molar-refractivity contribution in [1.82, 2.24) is 4.98 Å². The number of aromatic nitrogens is 1. The summed E-state index contributed by atoms with van der Waals surface area (Å²) in [6.07, 6.45) is 2.69. The molecule has 3 rings (SSSR count). The molecule has 0 aliphatic heterocycles. The number of aldehydes is 1. The first-order valence-electron chi connectivity index (χ1n) is 7.94. The van der Waals surface area contributed by atoms with E-state index in [1.807, 2.05) is 30.3 Å². The molecule has 0 N–H and O–H groups in total. The van der Waals surface area contributed by atoms with Gasteiger partial charge in [0, 0.05) is 18.0 Å². The Balaban J connectivity index is 1.80. The first kappa shape index (κ1) is 16.6. The molecule has 5 heteroatoms. The maximum absolute atomic E-state index is 12.5. The molecule has 0 unspecified atom stereocenters. The van der Waals surface area contributed by atoms with E-state index in [0.29, 0.717) is 35.2 Å². The molecule has 1 aromatic heterocycles. The van der Waals surface area contributed by atoms with Gasteiger partial charge in [-0.15, -0.1) is 0 Å². The predicted molar refractivity (Wildman–Crippen MR) is 93.5 cm³/mol. The molecule has 3 aromatic rings. The van der Waals surface area contributed by atoms with Crippen LogP contribution < -0.4 is 4.74 Å². The Morgan fingerprint density at radius 1 is 1.08 bits per heavy atom. The molecule has 0 fully saturated rings. The van der Waals surface area contributed by atoms with E-state index in [0.717, 1.165) is 11.8 Å². The fourth-order valence-corrected chi connectivity index (χ4v) is 2.42. The minimum Gasteiger partial charge on any atom is -0.493 e. The van der Waals surface area contributed by atoms with Crippen LogP contribution in [0.1, 0.15) is 22.3 Å². The van der Waals surface area contributed by atoms with E-state index in [-0.39, 0.29) is 6.61 Å². The average Bonchev–Trinajstić information content (AvgIpc) is 2.66. The second kappa shape index (κ2) is 8.06. The number of rotatable bonds is 7. The smallest absolute Gasteiger partial charge is 0.339 e. The third kappa shape index (κ3) is 4.20. The van der Waals surface area contributed by atoms with E-state index >= 15 is 0 Å². The zero-order valence-corrected chi connectivity index (χ0v) is 13.6. The van der Waals surface area contributed by atoms with Crippen molar-refractivity contribution in [3.05, 3.63) is 71.9 Å². The van der Waals surface area contributed by atoms with Gasteiger partial charge in [-0.05, 0) is 29.8 Å². The summed E-state index contributed by atoms with van der Waals surface area (Å²) in [4.78, 5) is 27.1. The van der Waals surface area contributed by atoms with Crippen LogP contribution in [-0.4, -0.2) is 23.8 Å². The van der Waals surface area contributed by atoms with Crippen molar-refractivity contribution in [2.24, 2.45) is 0 Å². The Kier molecular flexibility index (Phi) is 5.36. The molecule has 0 radical (unpaired) electrons. The molecular weight excluding hydrogens is 318 g/mol. The minimum absolute atomic E-state index is 0.207. The number of esters is 1. The summed E-state index contributed by atoms with van der Waals surface area (Å²) in [6, 6.07) is 16.4. The van der Waals surface area contributed by atoms with E-state index in [1.165, 1.54) is 0 Å². The van der Waals surface area contributed by atoms with Gasteiger partial charge in [0.05, 0.1) is 17.7 Å². The van der Waals surface area contributed by atoms with E-state index in [1.54, 1.807) is 30.5 Å². The zero-order valence-electron chi connectivity index (χ0n) is 13.6. The zero-order chi connectivity index (χ0) is 17.5. The highest BCUT2D eigenvalue weighted by molar-refractivity contribution is 6.03. The van der Waals surface area contributed by atoms with E-state index in [4.69, 9.17) is 9.47 Å². The summed E-state index contributed by atoms with van der Waals surface area (Å²) in [7, 11) is 0. The number of hydrogen-bond donors (Lipinski definition) is 0. The Bertz CT molecular complexity index is 877.